The Morgan fingerprint density at radius 3 is 2.79 bits per heavy atom. The van der Waals surface area contributed by atoms with E-state index in [1.54, 1.807) is 23.2 Å². The van der Waals surface area contributed by atoms with Crippen molar-refractivity contribution in [3.05, 3.63) is 59.9 Å². The van der Waals surface area contributed by atoms with E-state index in [1.807, 2.05) is 31.2 Å². The molecule has 0 saturated heterocycles. The average molecular weight is 344 g/mol. The fourth-order valence-electron chi connectivity index (χ4n) is 3.12. The van der Waals surface area contributed by atoms with Gasteiger partial charge < -0.3 is 4.90 Å². The molecule has 24 heavy (non-hydrogen) atoms. The van der Waals surface area contributed by atoms with E-state index in [2.05, 4.69) is 4.98 Å². The fourth-order valence-corrected chi connectivity index (χ4v) is 4.43. The van der Waals surface area contributed by atoms with Crippen LogP contribution in [0.15, 0.2) is 48.8 Å². The Hall–Kier alpha value is -2.21. The van der Waals surface area contributed by atoms with Gasteiger partial charge in [-0.2, -0.15) is 0 Å². The Kier molecular flexibility index (Phi) is 4.66. The van der Waals surface area contributed by atoms with Crippen molar-refractivity contribution >= 4 is 21.4 Å². The lowest BCUT2D eigenvalue weighted by Gasteiger charge is -2.22. The molecule has 0 aliphatic carbocycles. The Morgan fingerprint density at radius 1 is 1.25 bits per heavy atom. The van der Waals surface area contributed by atoms with Crippen molar-refractivity contribution < 1.29 is 13.2 Å². The fraction of sp³-hybridized carbons (Fsp3) is 0.333. The lowest BCUT2D eigenvalue weighted by Crippen LogP contribution is -2.36. The number of aromatic nitrogens is 1. The number of fused-ring (bicyclic) bond motifs is 1. The minimum atomic E-state index is -3.34. The van der Waals surface area contributed by atoms with Crippen LogP contribution in [0.4, 0.5) is 5.69 Å². The molecule has 0 N–H and O–H groups in total. The summed E-state index contributed by atoms with van der Waals surface area (Å²) in [5, 5.41) is 0. The number of carbonyl (C=O) groups excluding carboxylic acids is 1. The van der Waals surface area contributed by atoms with Crippen LogP contribution >= 0.6 is 0 Å². The van der Waals surface area contributed by atoms with Crippen molar-refractivity contribution in [2.45, 2.75) is 31.6 Å². The molecular formula is C18H20N2O3S. The van der Waals surface area contributed by atoms with E-state index >= 15 is 0 Å². The third kappa shape index (κ3) is 3.64. The van der Waals surface area contributed by atoms with Crippen molar-refractivity contribution in [1.82, 2.24) is 4.98 Å². The molecule has 0 bridgehead atoms. The largest absolute Gasteiger partial charge is 0.309 e. The summed E-state index contributed by atoms with van der Waals surface area (Å²) in [4.78, 5) is 18.2. The molecule has 0 fully saturated rings. The molecule has 0 spiro atoms. The number of pyridine rings is 1. The highest BCUT2D eigenvalue weighted by atomic mass is 32.2. The van der Waals surface area contributed by atoms with Crippen molar-refractivity contribution in [2.75, 3.05) is 10.7 Å². The van der Waals surface area contributed by atoms with Gasteiger partial charge in [-0.1, -0.05) is 24.3 Å². The van der Waals surface area contributed by atoms with Gasteiger partial charge in [0, 0.05) is 30.5 Å². The van der Waals surface area contributed by atoms with Crippen LogP contribution in [0.1, 0.15) is 24.5 Å². The number of sulfone groups is 1. The highest BCUT2D eigenvalue weighted by Crippen LogP contribution is 2.32. The molecular weight excluding hydrogens is 324 g/mol. The predicted octanol–water partition coefficient (Wildman–Crippen LogP) is 2.36. The maximum atomic E-state index is 12.6. The summed E-state index contributed by atoms with van der Waals surface area (Å²) in [6, 6.07) is 11.3. The van der Waals surface area contributed by atoms with Crippen LogP contribution in [-0.2, 0) is 26.8 Å². The first kappa shape index (κ1) is 16.6. The van der Waals surface area contributed by atoms with Crippen molar-refractivity contribution in [3.63, 3.8) is 0 Å². The number of rotatable bonds is 5. The van der Waals surface area contributed by atoms with Gasteiger partial charge in [-0.05, 0) is 36.6 Å². The lowest BCUT2D eigenvalue weighted by molar-refractivity contribution is -0.118. The van der Waals surface area contributed by atoms with Gasteiger partial charge in [0.15, 0.2) is 9.84 Å². The summed E-state index contributed by atoms with van der Waals surface area (Å²) in [6.07, 6.45) is 3.95. The van der Waals surface area contributed by atoms with Gasteiger partial charge in [-0.15, -0.1) is 0 Å². The maximum Gasteiger partial charge on any atom is 0.228 e. The van der Waals surface area contributed by atoms with Crippen LogP contribution in [0.3, 0.4) is 0 Å². The first-order chi connectivity index (χ1) is 11.5. The molecule has 3 rings (SSSR count). The van der Waals surface area contributed by atoms with Gasteiger partial charge >= 0.3 is 0 Å². The highest BCUT2D eigenvalue weighted by molar-refractivity contribution is 7.90. The molecule has 2 heterocycles. The Morgan fingerprint density at radius 2 is 2.04 bits per heavy atom. The molecule has 1 amide bonds. The van der Waals surface area contributed by atoms with Crippen molar-refractivity contribution in [2.24, 2.45) is 0 Å². The summed E-state index contributed by atoms with van der Waals surface area (Å²) in [6.45, 7) is 1.99. The molecule has 1 aromatic carbocycles. The quantitative estimate of drug-likeness (QED) is 0.835. The molecule has 5 nitrogen and oxygen atoms in total. The number of hydrogen-bond donors (Lipinski definition) is 0. The summed E-state index contributed by atoms with van der Waals surface area (Å²) in [5.41, 5.74) is 2.68. The second-order valence-electron chi connectivity index (χ2n) is 6.15. The molecule has 1 aromatic heterocycles. The van der Waals surface area contributed by atoms with Crippen LogP contribution < -0.4 is 4.90 Å². The van der Waals surface area contributed by atoms with Gasteiger partial charge in [-0.25, -0.2) is 8.42 Å². The average Bonchev–Trinajstić information content (AvgIpc) is 2.89. The number of carbonyl (C=O) groups is 1. The van der Waals surface area contributed by atoms with E-state index in [1.165, 1.54) is 6.20 Å². The first-order valence-corrected chi connectivity index (χ1v) is 9.78. The second-order valence-corrected chi connectivity index (χ2v) is 8.33. The van der Waals surface area contributed by atoms with Crippen LogP contribution in [0.2, 0.25) is 0 Å². The molecule has 6 heteroatoms. The maximum absolute atomic E-state index is 12.6. The Labute approximate surface area is 142 Å². The summed E-state index contributed by atoms with van der Waals surface area (Å²) in [5.74, 6) is -0.367. The van der Waals surface area contributed by atoms with E-state index < -0.39 is 9.84 Å². The molecule has 1 aliphatic heterocycles. The molecule has 2 aromatic rings. The van der Waals surface area contributed by atoms with Crippen LogP contribution in [0.25, 0.3) is 0 Å². The topological polar surface area (TPSA) is 67.3 Å². The van der Waals surface area contributed by atoms with Crippen LogP contribution in [0, 0.1) is 0 Å². The zero-order valence-corrected chi connectivity index (χ0v) is 14.4. The number of anilines is 1. The molecule has 0 radical (unpaired) electrons. The molecule has 126 valence electrons. The third-order valence-corrected chi connectivity index (χ3v) is 5.81. The summed E-state index contributed by atoms with van der Waals surface area (Å²) in [7, 11) is -3.34. The van der Waals surface area contributed by atoms with Gasteiger partial charge in [0.1, 0.15) is 0 Å². The van der Waals surface area contributed by atoms with Crippen molar-refractivity contribution in [3.8, 4) is 0 Å². The standard InChI is InChI=1S/C18H20N2O3S/c1-14-11-16-6-2-3-7-17(16)20(14)18(21)8-10-24(22,23)13-15-5-4-9-19-12-15/h2-7,9,12,14H,8,10-11,13H2,1H3/t14-/m0/s1. The van der Waals surface area contributed by atoms with Gasteiger partial charge in [0.25, 0.3) is 0 Å². The van der Waals surface area contributed by atoms with Crippen LogP contribution in [-0.4, -0.2) is 31.1 Å². The highest BCUT2D eigenvalue weighted by Gasteiger charge is 2.30. The number of nitrogens with zero attached hydrogens (tertiary/aromatic N) is 2. The normalized spacial score (nSPS) is 16.9. The van der Waals surface area contributed by atoms with Gasteiger partial charge in [0.05, 0.1) is 11.5 Å². The van der Waals surface area contributed by atoms with E-state index in [-0.39, 0.29) is 29.9 Å². The minimum absolute atomic E-state index is 0.00126. The van der Waals surface area contributed by atoms with E-state index in [4.69, 9.17) is 0 Å². The number of benzene rings is 1. The SMILES string of the molecule is C[C@H]1Cc2ccccc2N1C(=O)CCS(=O)(=O)Cc1cccnc1. The van der Waals surface area contributed by atoms with E-state index in [0.717, 1.165) is 17.7 Å². The number of amides is 1. The number of para-hydroxylation sites is 1. The summed E-state index contributed by atoms with van der Waals surface area (Å²) >= 11 is 0. The van der Waals surface area contributed by atoms with E-state index in [0.29, 0.717) is 5.56 Å². The Bertz CT molecular complexity index is 834. The number of hydrogen-bond acceptors (Lipinski definition) is 4. The second kappa shape index (κ2) is 6.73. The molecule has 1 aliphatic rings. The predicted molar refractivity (Wildman–Crippen MR) is 93.4 cm³/mol. The zero-order chi connectivity index (χ0) is 17.2. The smallest absolute Gasteiger partial charge is 0.228 e. The molecule has 1 atom stereocenters. The lowest BCUT2D eigenvalue weighted by atomic mass is 10.1. The zero-order valence-electron chi connectivity index (χ0n) is 13.6. The first-order valence-electron chi connectivity index (χ1n) is 7.95. The van der Waals surface area contributed by atoms with E-state index in [9.17, 15) is 13.2 Å². The van der Waals surface area contributed by atoms with Gasteiger partial charge in [0.2, 0.25) is 5.91 Å². The summed E-state index contributed by atoms with van der Waals surface area (Å²) < 4.78 is 24.5. The van der Waals surface area contributed by atoms with Crippen molar-refractivity contribution in [1.29, 1.82) is 0 Å². The van der Waals surface area contributed by atoms with Gasteiger partial charge in [-0.3, -0.25) is 9.78 Å². The molecule has 0 unspecified atom stereocenters. The van der Waals surface area contributed by atoms with Crippen LogP contribution in [0.5, 0.6) is 0 Å². The third-order valence-electron chi connectivity index (χ3n) is 4.21. The minimum Gasteiger partial charge on any atom is -0.309 e. The Balaban J connectivity index is 1.65. The molecule has 0 saturated carbocycles. The monoisotopic (exact) mass is 344 g/mol.